The number of halogens is 1. The van der Waals surface area contributed by atoms with E-state index >= 15 is 0 Å². The number of carbonyl (C=O) groups excluding carboxylic acids is 3. The number of hydrogen-bond acceptors (Lipinski definition) is 6. The summed E-state index contributed by atoms with van der Waals surface area (Å²) in [5, 5.41) is 5.62. The molecule has 0 spiro atoms. The molecule has 166 valence electrons. The molecule has 8 nitrogen and oxygen atoms in total. The van der Waals surface area contributed by atoms with Crippen molar-refractivity contribution in [2.24, 2.45) is 0 Å². The third kappa shape index (κ3) is 6.68. The topological polar surface area (TPSA) is 91.0 Å². The molecule has 0 radical (unpaired) electrons. The molecule has 1 aromatic carbocycles. The van der Waals surface area contributed by atoms with Crippen molar-refractivity contribution in [2.45, 2.75) is 45.8 Å². The van der Waals surface area contributed by atoms with Crippen LogP contribution in [0.1, 0.15) is 39.3 Å². The zero-order chi connectivity index (χ0) is 22.3. The van der Waals surface area contributed by atoms with Gasteiger partial charge in [0.15, 0.2) is 0 Å². The Balaban J connectivity index is 2.00. The second-order valence-electron chi connectivity index (χ2n) is 7.57. The lowest BCUT2D eigenvalue weighted by molar-refractivity contribution is -0.151. The van der Waals surface area contributed by atoms with Crippen molar-refractivity contribution < 1.29 is 19.1 Å². The average molecular weight is 439 g/mol. The third-order valence-electron chi connectivity index (χ3n) is 4.99. The first kappa shape index (κ1) is 24.1. The van der Waals surface area contributed by atoms with Crippen LogP contribution in [0.3, 0.4) is 0 Å². The largest absolute Gasteiger partial charge is 0.465 e. The Bertz CT molecular complexity index is 733. The molecule has 1 fully saturated rings. The zero-order valence-corrected chi connectivity index (χ0v) is 18.7. The smallest absolute Gasteiger partial charge is 0.328 e. The summed E-state index contributed by atoms with van der Waals surface area (Å²) in [5.41, 5.74) is 0.822. The Morgan fingerprint density at radius 3 is 2.13 bits per heavy atom. The van der Waals surface area contributed by atoms with Crippen LogP contribution in [-0.4, -0.2) is 72.6 Å². The maximum absolute atomic E-state index is 12.6. The minimum absolute atomic E-state index is 0.0515. The number of imide groups is 1. The lowest BCUT2D eigenvalue weighted by Crippen LogP contribution is -2.56. The molecule has 0 aromatic heterocycles. The predicted molar refractivity (Wildman–Crippen MR) is 115 cm³/mol. The molecule has 2 rings (SSSR count). The quantitative estimate of drug-likeness (QED) is 0.634. The number of amides is 3. The van der Waals surface area contributed by atoms with Crippen LogP contribution in [0.2, 0.25) is 5.02 Å². The Kier molecular flexibility index (Phi) is 9.08. The number of ether oxygens (including phenoxy) is 1. The molecular weight excluding hydrogens is 408 g/mol. The number of carbonyl (C=O) groups is 3. The molecule has 0 aliphatic carbocycles. The summed E-state index contributed by atoms with van der Waals surface area (Å²) >= 11 is 5.99. The zero-order valence-electron chi connectivity index (χ0n) is 18.0. The lowest BCUT2D eigenvalue weighted by atomic mass is 10.0. The second-order valence-corrected chi connectivity index (χ2v) is 8.01. The van der Waals surface area contributed by atoms with Gasteiger partial charge in [0.25, 0.3) is 0 Å². The van der Waals surface area contributed by atoms with Crippen LogP contribution in [0, 0.1) is 0 Å². The van der Waals surface area contributed by atoms with Crippen LogP contribution in [0.15, 0.2) is 24.3 Å². The van der Waals surface area contributed by atoms with Crippen molar-refractivity contribution in [2.75, 3.05) is 32.8 Å². The predicted octanol–water partition coefficient (Wildman–Crippen LogP) is 2.18. The van der Waals surface area contributed by atoms with Crippen molar-refractivity contribution >= 4 is 29.5 Å². The SMILES string of the molecule is CCOC(=O)C(c1ccc(Cl)cc1)N1CCN(C(C)C(=O)NC(=O)NC(C)C)CC1. The summed E-state index contributed by atoms with van der Waals surface area (Å²) in [6, 6.07) is 5.66. The molecule has 2 atom stereocenters. The molecule has 1 saturated heterocycles. The van der Waals surface area contributed by atoms with Gasteiger partial charge in [-0.1, -0.05) is 23.7 Å². The van der Waals surface area contributed by atoms with E-state index < -0.39 is 18.1 Å². The van der Waals surface area contributed by atoms with E-state index in [0.29, 0.717) is 37.8 Å². The van der Waals surface area contributed by atoms with E-state index in [4.69, 9.17) is 16.3 Å². The van der Waals surface area contributed by atoms with Gasteiger partial charge in [-0.3, -0.25) is 19.9 Å². The van der Waals surface area contributed by atoms with Gasteiger partial charge in [0.1, 0.15) is 6.04 Å². The molecule has 1 aliphatic heterocycles. The highest BCUT2D eigenvalue weighted by atomic mass is 35.5. The van der Waals surface area contributed by atoms with Crippen molar-refractivity contribution in [1.82, 2.24) is 20.4 Å². The fourth-order valence-corrected chi connectivity index (χ4v) is 3.55. The van der Waals surface area contributed by atoms with Gasteiger partial charge in [-0.05, 0) is 45.4 Å². The van der Waals surface area contributed by atoms with Crippen LogP contribution in [0.25, 0.3) is 0 Å². The van der Waals surface area contributed by atoms with Crippen LogP contribution >= 0.6 is 11.6 Å². The van der Waals surface area contributed by atoms with Crippen molar-refractivity contribution in [1.29, 1.82) is 0 Å². The number of rotatable bonds is 7. The molecule has 9 heteroatoms. The fraction of sp³-hybridized carbons (Fsp3) is 0.571. The molecular formula is C21H31ClN4O4. The summed E-state index contributed by atoms with van der Waals surface area (Å²) in [6.45, 7) is 9.86. The highest BCUT2D eigenvalue weighted by molar-refractivity contribution is 6.30. The first-order valence-corrected chi connectivity index (χ1v) is 10.6. The van der Waals surface area contributed by atoms with E-state index in [1.807, 2.05) is 35.8 Å². The van der Waals surface area contributed by atoms with Crippen LogP contribution < -0.4 is 10.6 Å². The van der Waals surface area contributed by atoms with Crippen LogP contribution in [0.5, 0.6) is 0 Å². The highest BCUT2D eigenvalue weighted by Crippen LogP contribution is 2.25. The van der Waals surface area contributed by atoms with E-state index in [-0.39, 0.29) is 17.9 Å². The minimum atomic E-state index is -0.523. The molecule has 2 unspecified atom stereocenters. The standard InChI is InChI=1S/C21H31ClN4O4/c1-5-30-20(28)18(16-6-8-17(22)9-7-16)26-12-10-25(11-13-26)15(4)19(27)24-21(29)23-14(2)3/h6-9,14-15,18H,5,10-13H2,1-4H3,(H2,23,24,27,29). The molecule has 30 heavy (non-hydrogen) atoms. The molecule has 1 heterocycles. The summed E-state index contributed by atoms with van der Waals surface area (Å²) in [4.78, 5) is 40.9. The Hall–Kier alpha value is -2.16. The number of nitrogens with one attached hydrogen (secondary N) is 2. The Morgan fingerprint density at radius 2 is 1.60 bits per heavy atom. The Morgan fingerprint density at radius 1 is 1.03 bits per heavy atom. The van der Waals surface area contributed by atoms with Crippen molar-refractivity contribution in [3.8, 4) is 0 Å². The van der Waals surface area contributed by atoms with E-state index in [0.717, 1.165) is 5.56 Å². The van der Waals surface area contributed by atoms with Gasteiger partial charge >= 0.3 is 12.0 Å². The van der Waals surface area contributed by atoms with Gasteiger partial charge in [0.2, 0.25) is 5.91 Å². The average Bonchev–Trinajstić information content (AvgIpc) is 2.69. The number of esters is 1. The first-order chi connectivity index (χ1) is 14.2. The molecule has 0 bridgehead atoms. The number of nitrogens with zero attached hydrogens (tertiary/aromatic N) is 2. The van der Waals surface area contributed by atoms with Gasteiger partial charge in [-0.2, -0.15) is 0 Å². The second kappa shape index (κ2) is 11.3. The fourth-order valence-electron chi connectivity index (χ4n) is 3.43. The third-order valence-corrected chi connectivity index (χ3v) is 5.25. The monoisotopic (exact) mass is 438 g/mol. The van der Waals surface area contributed by atoms with Gasteiger partial charge in [0.05, 0.1) is 12.6 Å². The van der Waals surface area contributed by atoms with E-state index in [2.05, 4.69) is 10.6 Å². The lowest BCUT2D eigenvalue weighted by Gasteiger charge is -2.40. The van der Waals surface area contributed by atoms with Gasteiger partial charge in [0, 0.05) is 37.2 Å². The van der Waals surface area contributed by atoms with E-state index in [1.165, 1.54) is 0 Å². The van der Waals surface area contributed by atoms with Crippen LogP contribution in [0.4, 0.5) is 4.79 Å². The van der Waals surface area contributed by atoms with Crippen molar-refractivity contribution in [3.05, 3.63) is 34.9 Å². The molecule has 2 N–H and O–H groups in total. The first-order valence-electron chi connectivity index (χ1n) is 10.2. The van der Waals surface area contributed by atoms with Gasteiger partial charge < -0.3 is 10.1 Å². The van der Waals surface area contributed by atoms with Crippen molar-refractivity contribution in [3.63, 3.8) is 0 Å². The molecule has 1 aliphatic rings. The Labute approximate surface area is 182 Å². The summed E-state index contributed by atoms with van der Waals surface area (Å²) in [7, 11) is 0. The van der Waals surface area contributed by atoms with Gasteiger partial charge in [-0.15, -0.1) is 0 Å². The highest BCUT2D eigenvalue weighted by Gasteiger charge is 2.34. The van der Waals surface area contributed by atoms with E-state index in [1.54, 1.807) is 26.0 Å². The molecule has 1 aromatic rings. The maximum Gasteiger partial charge on any atom is 0.328 e. The summed E-state index contributed by atoms with van der Waals surface area (Å²) in [6.07, 6.45) is 0. The number of piperazine rings is 1. The minimum Gasteiger partial charge on any atom is -0.465 e. The normalized spacial score (nSPS) is 17.3. The molecule has 0 saturated carbocycles. The number of urea groups is 1. The van der Waals surface area contributed by atoms with Crippen LogP contribution in [-0.2, 0) is 14.3 Å². The maximum atomic E-state index is 12.6. The number of benzene rings is 1. The van der Waals surface area contributed by atoms with E-state index in [9.17, 15) is 14.4 Å². The number of hydrogen-bond donors (Lipinski definition) is 2. The summed E-state index contributed by atoms with van der Waals surface area (Å²) in [5.74, 6) is -0.648. The van der Waals surface area contributed by atoms with Gasteiger partial charge in [-0.25, -0.2) is 9.59 Å². The summed E-state index contributed by atoms with van der Waals surface area (Å²) < 4.78 is 5.29. The molecule has 3 amide bonds.